The fourth-order valence-electron chi connectivity index (χ4n) is 3.75. The number of phenolic OH excluding ortho intramolecular Hbond substituents is 1. The number of pyridine rings is 1. The number of nitrogens with zero attached hydrogens (tertiary/aromatic N) is 3. The van der Waals surface area contributed by atoms with Crippen LogP contribution in [0.5, 0.6) is 11.6 Å². The molecule has 168 valence electrons. The second kappa shape index (κ2) is 9.38. The SMILES string of the molecule is COc1ccc(N=C(SC)N2CCC(C)(Cc3cccc(C(F)(F)F)c3O)CC2)cn1. The van der Waals surface area contributed by atoms with Crippen LogP contribution in [0.3, 0.4) is 0 Å². The number of aromatic hydroxyl groups is 1. The van der Waals surface area contributed by atoms with Crippen molar-refractivity contribution in [2.24, 2.45) is 10.4 Å². The van der Waals surface area contributed by atoms with Gasteiger partial charge in [-0.3, -0.25) is 0 Å². The van der Waals surface area contributed by atoms with E-state index in [-0.39, 0.29) is 5.41 Å². The first-order chi connectivity index (χ1) is 14.6. The van der Waals surface area contributed by atoms with E-state index in [1.807, 2.05) is 12.3 Å². The van der Waals surface area contributed by atoms with Crippen molar-refractivity contribution in [3.05, 3.63) is 47.7 Å². The van der Waals surface area contributed by atoms with E-state index >= 15 is 0 Å². The maximum atomic E-state index is 13.1. The second-order valence-electron chi connectivity index (χ2n) is 7.94. The minimum absolute atomic E-state index is 0.205. The average molecular weight is 454 g/mol. The van der Waals surface area contributed by atoms with E-state index in [0.717, 1.165) is 42.9 Å². The van der Waals surface area contributed by atoms with Crippen LogP contribution in [0.15, 0.2) is 41.5 Å². The van der Waals surface area contributed by atoms with Crippen molar-refractivity contribution in [1.82, 2.24) is 9.88 Å². The Morgan fingerprint density at radius 1 is 1.26 bits per heavy atom. The molecule has 0 aliphatic carbocycles. The normalized spacial score (nSPS) is 17.0. The highest BCUT2D eigenvalue weighted by Gasteiger charge is 2.37. The number of piperidine rings is 1. The number of amidine groups is 1. The number of para-hydroxylation sites is 1. The third-order valence-electron chi connectivity index (χ3n) is 5.62. The van der Waals surface area contributed by atoms with Crippen LogP contribution in [-0.4, -0.2) is 46.6 Å². The molecule has 0 spiro atoms. The Kier molecular flexibility index (Phi) is 7.03. The van der Waals surface area contributed by atoms with Gasteiger partial charge >= 0.3 is 6.18 Å². The zero-order chi connectivity index (χ0) is 22.6. The van der Waals surface area contributed by atoms with E-state index < -0.39 is 17.5 Å². The molecule has 2 heterocycles. The number of hydrogen-bond donors (Lipinski definition) is 1. The number of alkyl halides is 3. The molecule has 9 heteroatoms. The minimum Gasteiger partial charge on any atom is -0.507 e. The van der Waals surface area contributed by atoms with E-state index in [2.05, 4.69) is 21.8 Å². The smallest absolute Gasteiger partial charge is 0.419 e. The lowest BCUT2D eigenvalue weighted by Crippen LogP contribution is -2.41. The van der Waals surface area contributed by atoms with Crippen molar-refractivity contribution in [3.8, 4) is 11.6 Å². The molecule has 2 aromatic rings. The molecule has 0 radical (unpaired) electrons. The summed E-state index contributed by atoms with van der Waals surface area (Å²) in [6.07, 6.45) is 1.01. The van der Waals surface area contributed by atoms with Gasteiger partial charge in [0.15, 0.2) is 5.17 Å². The number of benzene rings is 1. The van der Waals surface area contributed by atoms with Crippen molar-refractivity contribution in [2.45, 2.75) is 32.4 Å². The Morgan fingerprint density at radius 2 is 1.97 bits per heavy atom. The van der Waals surface area contributed by atoms with Crippen molar-refractivity contribution >= 4 is 22.6 Å². The predicted molar refractivity (Wildman–Crippen MR) is 117 cm³/mol. The molecule has 1 aromatic heterocycles. The van der Waals surface area contributed by atoms with Crippen LogP contribution in [0.1, 0.15) is 30.9 Å². The maximum absolute atomic E-state index is 13.1. The Hall–Kier alpha value is -2.42. The van der Waals surface area contributed by atoms with Crippen molar-refractivity contribution < 1.29 is 23.0 Å². The lowest BCUT2D eigenvalue weighted by molar-refractivity contribution is -0.138. The summed E-state index contributed by atoms with van der Waals surface area (Å²) in [7, 11) is 1.56. The highest BCUT2D eigenvalue weighted by molar-refractivity contribution is 8.13. The summed E-state index contributed by atoms with van der Waals surface area (Å²) < 4.78 is 44.4. The van der Waals surface area contributed by atoms with Gasteiger partial charge < -0.3 is 14.7 Å². The monoisotopic (exact) mass is 453 g/mol. The third kappa shape index (κ3) is 5.64. The lowest BCUT2D eigenvalue weighted by atomic mass is 9.75. The van der Waals surface area contributed by atoms with Crippen molar-refractivity contribution in [2.75, 3.05) is 26.5 Å². The first-order valence-corrected chi connectivity index (χ1v) is 11.1. The van der Waals surface area contributed by atoms with Crippen LogP contribution in [0.2, 0.25) is 0 Å². The first kappa shape index (κ1) is 23.2. The largest absolute Gasteiger partial charge is 0.507 e. The first-order valence-electron chi connectivity index (χ1n) is 9.91. The van der Waals surface area contributed by atoms with Gasteiger partial charge in [0.1, 0.15) is 5.75 Å². The quantitative estimate of drug-likeness (QED) is 0.489. The van der Waals surface area contributed by atoms with E-state index in [0.29, 0.717) is 17.9 Å². The van der Waals surface area contributed by atoms with Gasteiger partial charge in [-0.05, 0) is 48.6 Å². The van der Waals surface area contributed by atoms with Gasteiger partial charge in [0.05, 0.1) is 24.6 Å². The summed E-state index contributed by atoms with van der Waals surface area (Å²) in [6.45, 7) is 3.53. The summed E-state index contributed by atoms with van der Waals surface area (Å²) in [4.78, 5) is 11.0. The number of phenols is 1. The summed E-state index contributed by atoms with van der Waals surface area (Å²) >= 11 is 1.54. The zero-order valence-electron chi connectivity index (χ0n) is 17.7. The van der Waals surface area contributed by atoms with Crippen LogP contribution in [0.25, 0.3) is 0 Å². The highest BCUT2D eigenvalue weighted by Crippen LogP contribution is 2.42. The minimum atomic E-state index is -4.57. The van der Waals surface area contributed by atoms with Gasteiger partial charge in [0.2, 0.25) is 5.88 Å². The van der Waals surface area contributed by atoms with Crippen LogP contribution in [0.4, 0.5) is 18.9 Å². The molecule has 31 heavy (non-hydrogen) atoms. The summed E-state index contributed by atoms with van der Waals surface area (Å²) in [5.74, 6) is -0.131. The fourth-order valence-corrected chi connectivity index (χ4v) is 4.39. The fraction of sp³-hybridized carbons (Fsp3) is 0.455. The van der Waals surface area contributed by atoms with Crippen LogP contribution in [0, 0.1) is 5.41 Å². The topological polar surface area (TPSA) is 58.0 Å². The van der Waals surface area contributed by atoms with Gasteiger partial charge in [0, 0.05) is 19.2 Å². The third-order valence-corrected chi connectivity index (χ3v) is 6.34. The van der Waals surface area contributed by atoms with Gasteiger partial charge in [-0.15, -0.1) is 0 Å². The standard InChI is InChI=1S/C22H26F3N3O2S/c1-21(13-15-5-4-6-17(19(15)29)22(23,24)25)9-11-28(12-10-21)20(31-3)27-16-7-8-18(30-2)26-14-16/h4-8,14,29H,9-13H2,1-3H3. The maximum Gasteiger partial charge on any atom is 0.419 e. The molecule has 1 aliphatic rings. The number of aliphatic imine (C=N–C) groups is 1. The number of aromatic nitrogens is 1. The summed E-state index contributed by atoms with van der Waals surface area (Å²) in [6, 6.07) is 7.45. The molecule has 0 bridgehead atoms. The van der Waals surface area contributed by atoms with Crippen LogP contribution >= 0.6 is 11.8 Å². The number of methoxy groups -OCH3 is 1. The Bertz CT molecular complexity index is 925. The van der Waals surface area contributed by atoms with E-state index in [4.69, 9.17) is 4.74 Å². The van der Waals surface area contributed by atoms with Crippen LogP contribution < -0.4 is 4.74 Å². The van der Waals surface area contributed by atoms with Gasteiger partial charge in [0.25, 0.3) is 0 Å². The molecule has 0 amide bonds. The predicted octanol–water partition coefficient (Wildman–Crippen LogP) is 5.51. The molecule has 0 atom stereocenters. The second-order valence-corrected chi connectivity index (χ2v) is 8.72. The van der Waals surface area contributed by atoms with E-state index in [1.165, 1.54) is 6.07 Å². The molecule has 0 saturated carbocycles. The number of halogens is 3. The molecule has 1 N–H and O–H groups in total. The molecule has 1 saturated heterocycles. The molecule has 1 aliphatic heterocycles. The van der Waals surface area contributed by atoms with E-state index in [9.17, 15) is 18.3 Å². The van der Waals surface area contributed by atoms with Gasteiger partial charge in [-0.2, -0.15) is 13.2 Å². The lowest BCUT2D eigenvalue weighted by Gasteiger charge is -2.40. The molecular formula is C22H26F3N3O2S. The molecule has 0 unspecified atom stereocenters. The summed E-state index contributed by atoms with van der Waals surface area (Å²) in [5.41, 5.74) is -0.110. The van der Waals surface area contributed by atoms with Crippen molar-refractivity contribution in [1.29, 1.82) is 0 Å². The highest BCUT2D eigenvalue weighted by atomic mass is 32.2. The zero-order valence-corrected chi connectivity index (χ0v) is 18.6. The Labute approximate surface area is 184 Å². The molecule has 1 fully saturated rings. The molecule has 3 rings (SSSR count). The van der Waals surface area contributed by atoms with E-state index in [1.54, 1.807) is 37.2 Å². The van der Waals surface area contributed by atoms with Crippen LogP contribution in [-0.2, 0) is 12.6 Å². The molecular weight excluding hydrogens is 427 g/mol. The van der Waals surface area contributed by atoms with Crippen molar-refractivity contribution in [3.63, 3.8) is 0 Å². The number of rotatable bonds is 4. The Balaban J connectivity index is 1.69. The van der Waals surface area contributed by atoms with Gasteiger partial charge in [-0.1, -0.05) is 30.8 Å². The molecule has 5 nitrogen and oxygen atoms in total. The summed E-state index contributed by atoms with van der Waals surface area (Å²) in [5, 5.41) is 11.1. The number of hydrogen-bond acceptors (Lipinski definition) is 5. The number of likely N-dealkylation sites (tertiary alicyclic amines) is 1. The average Bonchev–Trinajstić information content (AvgIpc) is 2.74. The number of ether oxygens (including phenoxy) is 1. The Morgan fingerprint density at radius 3 is 2.52 bits per heavy atom. The number of thioether (sulfide) groups is 1. The van der Waals surface area contributed by atoms with Gasteiger partial charge in [-0.25, -0.2) is 9.98 Å². The molecule has 1 aromatic carbocycles.